The number of rotatable bonds is 4. The van der Waals surface area contributed by atoms with Gasteiger partial charge in [-0.25, -0.2) is 0 Å². The molecule has 0 bridgehead atoms. The molecule has 4 rings (SSSR count). The SMILES string of the molecule is Cc1cc(C[C@@H]2CN(c3ccc(-c4ccccc4)nn3)C[C@H]2O)on1. The van der Waals surface area contributed by atoms with Gasteiger partial charge in [0, 0.05) is 37.1 Å². The molecule has 1 aliphatic heterocycles. The van der Waals surface area contributed by atoms with E-state index < -0.39 is 6.10 Å². The summed E-state index contributed by atoms with van der Waals surface area (Å²) in [5, 5.41) is 23.0. The van der Waals surface area contributed by atoms with Crippen LogP contribution in [0.4, 0.5) is 5.82 Å². The van der Waals surface area contributed by atoms with Gasteiger partial charge in [0.1, 0.15) is 5.76 Å². The number of aromatic nitrogens is 3. The van der Waals surface area contributed by atoms with Crippen molar-refractivity contribution in [1.29, 1.82) is 0 Å². The lowest BCUT2D eigenvalue weighted by Crippen LogP contribution is -2.22. The summed E-state index contributed by atoms with van der Waals surface area (Å²) in [5.74, 6) is 1.70. The maximum Gasteiger partial charge on any atom is 0.151 e. The van der Waals surface area contributed by atoms with Gasteiger partial charge in [-0.2, -0.15) is 0 Å². The fourth-order valence-electron chi connectivity index (χ4n) is 3.27. The number of aryl methyl sites for hydroxylation is 1. The third kappa shape index (κ3) is 3.39. The molecule has 1 aromatic carbocycles. The van der Waals surface area contributed by atoms with E-state index in [0.717, 1.165) is 35.1 Å². The molecule has 0 saturated carbocycles. The largest absolute Gasteiger partial charge is 0.391 e. The highest BCUT2D eigenvalue weighted by Crippen LogP contribution is 2.26. The first-order chi connectivity index (χ1) is 12.2. The molecule has 1 aliphatic rings. The van der Waals surface area contributed by atoms with Crippen LogP contribution in [0.1, 0.15) is 11.5 Å². The molecular weight excluding hydrogens is 316 g/mol. The highest BCUT2D eigenvalue weighted by molar-refractivity contribution is 5.59. The average Bonchev–Trinajstić information content (AvgIpc) is 3.22. The summed E-state index contributed by atoms with van der Waals surface area (Å²) in [7, 11) is 0. The Morgan fingerprint density at radius 2 is 1.96 bits per heavy atom. The van der Waals surface area contributed by atoms with E-state index in [1.54, 1.807) is 0 Å². The van der Waals surface area contributed by atoms with Crippen molar-refractivity contribution in [2.75, 3.05) is 18.0 Å². The third-order valence-corrected chi connectivity index (χ3v) is 4.59. The second kappa shape index (κ2) is 6.64. The van der Waals surface area contributed by atoms with Gasteiger partial charge in [-0.15, -0.1) is 10.2 Å². The van der Waals surface area contributed by atoms with Gasteiger partial charge in [0.15, 0.2) is 5.82 Å². The van der Waals surface area contributed by atoms with Crippen LogP contribution in [0.3, 0.4) is 0 Å². The summed E-state index contributed by atoms with van der Waals surface area (Å²) in [6.45, 7) is 3.17. The number of aliphatic hydroxyl groups is 1. The number of hydrogen-bond acceptors (Lipinski definition) is 6. The lowest BCUT2D eigenvalue weighted by Gasteiger charge is -2.16. The lowest BCUT2D eigenvalue weighted by atomic mass is 10.0. The molecule has 1 N–H and O–H groups in total. The van der Waals surface area contributed by atoms with E-state index in [2.05, 4.69) is 20.3 Å². The average molecular weight is 336 g/mol. The van der Waals surface area contributed by atoms with Crippen LogP contribution in [0, 0.1) is 12.8 Å². The third-order valence-electron chi connectivity index (χ3n) is 4.59. The summed E-state index contributed by atoms with van der Waals surface area (Å²) in [4.78, 5) is 2.07. The van der Waals surface area contributed by atoms with Crippen LogP contribution in [-0.2, 0) is 6.42 Å². The molecule has 3 aromatic rings. The minimum atomic E-state index is -0.416. The van der Waals surface area contributed by atoms with Gasteiger partial charge in [-0.05, 0) is 19.1 Å². The number of benzene rings is 1. The maximum absolute atomic E-state index is 10.4. The zero-order chi connectivity index (χ0) is 17.2. The Hall–Kier alpha value is -2.73. The van der Waals surface area contributed by atoms with Crippen molar-refractivity contribution >= 4 is 5.82 Å². The van der Waals surface area contributed by atoms with Crippen molar-refractivity contribution in [3.63, 3.8) is 0 Å². The monoisotopic (exact) mass is 336 g/mol. The van der Waals surface area contributed by atoms with Crippen LogP contribution in [0.5, 0.6) is 0 Å². The Balaban J connectivity index is 1.45. The molecule has 2 atom stereocenters. The second-order valence-corrected chi connectivity index (χ2v) is 6.51. The Morgan fingerprint density at radius 3 is 2.64 bits per heavy atom. The minimum Gasteiger partial charge on any atom is -0.391 e. The number of anilines is 1. The van der Waals surface area contributed by atoms with Crippen molar-refractivity contribution < 1.29 is 9.63 Å². The van der Waals surface area contributed by atoms with E-state index in [1.807, 2.05) is 55.5 Å². The van der Waals surface area contributed by atoms with Gasteiger partial charge < -0.3 is 14.5 Å². The molecule has 2 aromatic heterocycles. The standard InChI is InChI=1S/C19H20N4O2/c1-13-9-16(25-22-13)10-15-11-23(12-18(15)24)19-8-7-17(20-21-19)14-5-3-2-4-6-14/h2-9,15,18,24H,10-12H2,1H3/t15-,18-/m1/s1. The second-order valence-electron chi connectivity index (χ2n) is 6.51. The molecule has 0 spiro atoms. The van der Waals surface area contributed by atoms with E-state index in [9.17, 15) is 5.11 Å². The molecule has 6 nitrogen and oxygen atoms in total. The number of hydrogen-bond donors (Lipinski definition) is 1. The summed E-state index contributed by atoms with van der Waals surface area (Å²) in [5.41, 5.74) is 2.75. The van der Waals surface area contributed by atoms with Crippen molar-refractivity contribution in [3.05, 3.63) is 60.0 Å². The van der Waals surface area contributed by atoms with Gasteiger partial charge in [0.25, 0.3) is 0 Å². The molecule has 128 valence electrons. The van der Waals surface area contributed by atoms with E-state index in [0.29, 0.717) is 13.0 Å². The number of aliphatic hydroxyl groups excluding tert-OH is 1. The smallest absolute Gasteiger partial charge is 0.151 e. The Morgan fingerprint density at radius 1 is 1.12 bits per heavy atom. The fraction of sp³-hybridized carbons (Fsp3) is 0.316. The van der Waals surface area contributed by atoms with Crippen LogP contribution in [0.15, 0.2) is 53.1 Å². The van der Waals surface area contributed by atoms with E-state index in [1.165, 1.54) is 0 Å². The van der Waals surface area contributed by atoms with E-state index >= 15 is 0 Å². The number of nitrogens with zero attached hydrogens (tertiary/aromatic N) is 4. The maximum atomic E-state index is 10.4. The zero-order valence-corrected chi connectivity index (χ0v) is 14.0. The van der Waals surface area contributed by atoms with Gasteiger partial charge in [0.2, 0.25) is 0 Å². The zero-order valence-electron chi connectivity index (χ0n) is 14.0. The quantitative estimate of drug-likeness (QED) is 0.789. The molecule has 3 heterocycles. The normalized spacial score (nSPS) is 20.2. The predicted octanol–water partition coefficient (Wildman–Crippen LogP) is 2.48. The summed E-state index contributed by atoms with van der Waals surface area (Å²) in [6, 6.07) is 15.8. The Bertz CT molecular complexity index is 832. The van der Waals surface area contributed by atoms with Gasteiger partial charge in [-0.3, -0.25) is 0 Å². The Kier molecular flexibility index (Phi) is 4.19. The highest BCUT2D eigenvalue weighted by Gasteiger charge is 2.33. The van der Waals surface area contributed by atoms with Crippen molar-refractivity contribution in [1.82, 2.24) is 15.4 Å². The first-order valence-corrected chi connectivity index (χ1v) is 8.43. The van der Waals surface area contributed by atoms with Crippen molar-refractivity contribution in [2.24, 2.45) is 5.92 Å². The van der Waals surface area contributed by atoms with Crippen LogP contribution in [0.2, 0.25) is 0 Å². The summed E-state index contributed by atoms with van der Waals surface area (Å²) < 4.78 is 5.27. The summed E-state index contributed by atoms with van der Waals surface area (Å²) in [6.07, 6.45) is 0.259. The molecule has 0 amide bonds. The minimum absolute atomic E-state index is 0.1000. The molecule has 6 heteroatoms. The van der Waals surface area contributed by atoms with Crippen LogP contribution in [0.25, 0.3) is 11.3 Å². The molecule has 25 heavy (non-hydrogen) atoms. The van der Waals surface area contributed by atoms with Gasteiger partial charge >= 0.3 is 0 Å². The highest BCUT2D eigenvalue weighted by atomic mass is 16.5. The topological polar surface area (TPSA) is 75.3 Å². The molecular formula is C19H20N4O2. The first-order valence-electron chi connectivity index (χ1n) is 8.43. The molecule has 0 radical (unpaired) electrons. The van der Waals surface area contributed by atoms with Gasteiger partial charge in [-0.1, -0.05) is 35.5 Å². The van der Waals surface area contributed by atoms with Crippen LogP contribution < -0.4 is 4.90 Å². The van der Waals surface area contributed by atoms with Gasteiger partial charge in [0.05, 0.1) is 17.5 Å². The molecule has 0 aliphatic carbocycles. The van der Waals surface area contributed by atoms with Crippen molar-refractivity contribution in [2.45, 2.75) is 19.4 Å². The van der Waals surface area contributed by atoms with Crippen molar-refractivity contribution in [3.8, 4) is 11.3 Å². The lowest BCUT2D eigenvalue weighted by molar-refractivity contribution is 0.143. The fourth-order valence-corrected chi connectivity index (χ4v) is 3.27. The van der Waals surface area contributed by atoms with Crippen LogP contribution >= 0.6 is 0 Å². The molecule has 1 fully saturated rings. The van der Waals surface area contributed by atoms with Crippen LogP contribution in [-0.4, -0.2) is 39.7 Å². The van der Waals surface area contributed by atoms with E-state index in [-0.39, 0.29) is 5.92 Å². The molecule has 1 saturated heterocycles. The first kappa shape index (κ1) is 15.8. The molecule has 0 unspecified atom stereocenters. The summed E-state index contributed by atoms with van der Waals surface area (Å²) >= 11 is 0. The predicted molar refractivity (Wildman–Crippen MR) is 94.1 cm³/mol. The van der Waals surface area contributed by atoms with E-state index in [4.69, 9.17) is 4.52 Å². The number of β-amino-alcohol motifs (C(OH)–C–C–N with tert-alkyl or cyclic N) is 1. The Labute approximate surface area is 146 Å².